The molecule has 0 fully saturated rings. The van der Waals surface area contributed by atoms with E-state index in [2.05, 4.69) is 17.1 Å². The van der Waals surface area contributed by atoms with Gasteiger partial charge in [0.1, 0.15) is 12.4 Å². The number of amides is 1. The maximum Gasteiger partial charge on any atom is 0.275 e. The van der Waals surface area contributed by atoms with Crippen molar-refractivity contribution in [1.82, 2.24) is 5.43 Å². The number of ether oxygens (including phenoxy) is 2. The number of fused-ring (bicyclic) bond motifs is 1. The minimum atomic E-state index is -0.500. The number of nitrogens with one attached hydrogen (secondary N) is 1. The number of carbonyl (C=O) groups excluding carboxylic acids is 1. The fourth-order valence-corrected chi connectivity index (χ4v) is 2.78. The van der Waals surface area contributed by atoms with Gasteiger partial charge >= 0.3 is 0 Å². The number of hydrogen-bond acceptors (Lipinski definition) is 5. The molecule has 0 bridgehead atoms. The molecule has 0 spiro atoms. The summed E-state index contributed by atoms with van der Waals surface area (Å²) < 4.78 is 11.1. The molecule has 0 aromatic heterocycles. The first-order valence-corrected chi connectivity index (χ1v) is 9.18. The van der Waals surface area contributed by atoms with Gasteiger partial charge in [0.15, 0.2) is 11.5 Å². The van der Waals surface area contributed by atoms with E-state index in [0.29, 0.717) is 24.7 Å². The molecule has 3 aromatic rings. The zero-order valence-corrected chi connectivity index (χ0v) is 16.1. The molecule has 0 saturated heterocycles. The third-order valence-electron chi connectivity index (χ3n) is 4.11. The van der Waals surface area contributed by atoms with Crippen LogP contribution in [0.1, 0.15) is 22.8 Å². The van der Waals surface area contributed by atoms with Crippen molar-refractivity contribution in [3.8, 4) is 17.2 Å². The quantitative estimate of drug-likeness (QED) is 0.342. The van der Waals surface area contributed by atoms with Crippen molar-refractivity contribution in [2.45, 2.75) is 6.92 Å². The number of hydrazone groups is 1. The van der Waals surface area contributed by atoms with Crippen molar-refractivity contribution in [3.63, 3.8) is 0 Å². The Bertz CT molecular complexity index is 1060. The Balaban J connectivity index is 1.73. The van der Waals surface area contributed by atoms with Crippen molar-refractivity contribution in [2.75, 3.05) is 13.2 Å². The van der Waals surface area contributed by atoms with E-state index in [-0.39, 0.29) is 11.3 Å². The number of nitrogens with zero attached hydrogens (tertiary/aromatic N) is 1. The van der Waals surface area contributed by atoms with Gasteiger partial charge in [-0.2, -0.15) is 5.10 Å². The molecule has 6 heteroatoms. The molecule has 1 amide bonds. The lowest BCUT2D eigenvalue weighted by Crippen LogP contribution is -2.17. The van der Waals surface area contributed by atoms with Crippen molar-refractivity contribution >= 4 is 22.9 Å². The van der Waals surface area contributed by atoms with Crippen LogP contribution in [-0.2, 0) is 0 Å². The van der Waals surface area contributed by atoms with Crippen molar-refractivity contribution < 1.29 is 19.4 Å². The SMILES string of the molecule is C=CCOc1ccc(/C=N\NC(=O)c2cc3ccccc3cc2O)cc1OCC. The van der Waals surface area contributed by atoms with Gasteiger partial charge in [-0.1, -0.05) is 36.9 Å². The van der Waals surface area contributed by atoms with Crippen LogP contribution in [0, 0.1) is 0 Å². The third-order valence-corrected chi connectivity index (χ3v) is 4.11. The summed E-state index contributed by atoms with van der Waals surface area (Å²) in [4.78, 5) is 12.4. The van der Waals surface area contributed by atoms with Crippen LogP contribution in [0.3, 0.4) is 0 Å². The average Bonchev–Trinajstić information content (AvgIpc) is 2.72. The van der Waals surface area contributed by atoms with Crippen LogP contribution in [0.5, 0.6) is 17.2 Å². The number of phenolic OH excluding ortho intramolecular Hbond substituents is 1. The molecule has 148 valence electrons. The van der Waals surface area contributed by atoms with Crippen LogP contribution >= 0.6 is 0 Å². The minimum absolute atomic E-state index is 0.0984. The van der Waals surface area contributed by atoms with Crippen LogP contribution in [0.4, 0.5) is 0 Å². The van der Waals surface area contributed by atoms with E-state index in [0.717, 1.165) is 16.3 Å². The number of phenols is 1. The van der Waals surface area contributed by atoms with Crippen molar-refractivity contribution in [1.29, 1.82) is 0 Å². The van der Waals surface area contributed by atoms with Gasteiger partial charge in [-0.25, -0.2) is 5.43 Å². The minimum Gasteiger partial charge on any atom is -0.507 e. The summed E-state index contributed by atoms with van der Waals surface area (Å²) in [5, 5.41) is 15.8. The Morgan fingerprint density at radius 1 is 1.10 bits per heavy atom. The van der Waals surface area contributed by atoms with E-state index in [1.807, 2.05) is 31.2 Å². The standard InChI is InChI=1S/C23H22N2O4/c1-3-11-29-21-10-9-16(12-22(21)28-4-2)15-24-25-23(27)19-13-17-7-5-6-8-18(17)14-20(19)26/h3,5-10,12-15,26H,1,4,11H2,2H3,(H,25,27)/b24-15-. The number of benzene rings is 3. The first-order chi connectivity index (χ1) is 14.1. The Labute approximate surface area is 169 Å². The van der Waals surface area contributed by atoms with E-state index >= 15 is 0 Å². The Kier molecular flexibility index (Phi) is 6.47. The first-order valence-electron chi connectivity index (χ1n) is 9.18. The normalized spacial score (nSPS) is 10.8. The summed E-state index contributed by atoms with van der Waals surface area (Å²) in [6, 6.07) is 16.0. The first kappa shape index (κ1) is 19.9. The topological polar surface area (TPSA) is 80.2 Å². The molecule has 6 nitrogen and oxygen atoms in total. The molecule has 29 heavy (non-hydrogen) atoms. The molecule has 2 N–H and O–H groups in total. The van der Waals surface area contributed by atoms with Gasteiger partial charge < -0.3 is 14.6 Å². The highest BCUT2D eigenvalue weighted by Crippen LogP contribution is 2.28. The van der Waals surface area contributed by atoms with E-state index in [4.69, 9.17) is 9.47 Å². The lowest BCUT2D eigenvalue weighted by molar-refractivity contribution is 0.0952. The molecule has 0 saturated carbocycles. The third kappa shape index (κ3) is 4.93. The predicted octanol–water partition coefficient (Wildman–Crippen LogP) is 4.27. The molecular weight excluding hydrogens is 368 g/mol. The lowest BCUT2D eigenvalue weighted by atomic mass is 10.1. The Hall–Kier alpha value is -3.80. The van der Waals surface area contributed by atoms with E-state index in [1.165, 1.54) is 6.21 Å². The van der Waals surface area contributed by atoms with Crippen molar-refractivity contribution in [3.05, 3.63) is 78.4 Å². The number of carbonyl (C=O) groups is 1. The van der Waals surface area contributed by atoms with Crippen LogP contribution in [0.15, 0.2) is 72.4 Å². The summed E-state index contributed by atoms with van der Waals surface area (Å²) in [5.74, 6) is 0.588. The second kappa shape index (κ2) is 9.41. The van der Waals surface area contributed by atoms with Gasteiger partial charge in [-0.3, -0.25) is 4.79 Å². The van der Waals surface area contributed by atoms with E-state index in [1.54, 1.807) is 36.4 Å². The number of hydrogen-bond donors (Lipinski definition) is 2. The summed E-state index contributed by atoms with van der Waals surface area (Å²) in [7, 11) is 0. The molecule has 0 radical (unpaired) electrons. The average molecular weight is 390 g/mol. The maximum absolute atomic E-state index is 12.4. The molecule has 3 aromatic carbocycles. The predicted molar refractivity (Wildman–Crippen MR) is 114 cm³/mol. The van der Waals surface area contributed by atoms with Crippen LogP contribution in [0.25, 0.3) is 10.8 Å². The lowest BCUT2D eigenvalue weighted by Gasteiger charge is -2.11. The Morgan fingerprint density at radius 2 is 1.86 bits per heavy atom. The number of rotatable bonds is 8. The van der Waals surface area contributed by atoms with Gasteiger partial charge in [0.25, 0.3) is 5.91 Å². The molecule has 0 atom stereocenters. The highest BCUT2D eigenvalue weighted by atomic mass is 16.5. The van der Waals surface area contributed by atoms with Gasteiger partial charge in [0.05, 0.1) is 18.4 Å². The summed E-state index contributed by atoms with van der Waals surface area (Å²) in [5.41, 5.74) is 3.32. The fourth-order valence-electron chi connectivity index (χ4n) is 2.78. The van der Waals surface area contributed by atoms with Crippen LogP contribution < -0.4 is 14.9 Å². The molecule has 0 aliphatic rings. The number of aromatic hydroxyl groups is 1. The molecule has 0 heterocycles. The highest BCUT2D eigenvalue weighted by Gasteiger charge is 2.12. The largest absolute Gasteiger partial charge is 0.507 e. The van der Waals surface area contributed by atoms with E-state index < -0.39 is 5.91 Å². The molecule has 0 aliphatic carbocycles. The van der Waals surface area contributed by atoms with Crippen LogP contribution in [0.2, 0.25) is 0 Å². The monoisotopic (exact) mass is 390 g/mol. The highest BCUT2D eigenvalue weighted by molar-refractivity contribution is 6.01. The van der Waals surface area contributed by atoms with Gasteiger partial charge in [0.2, 0.25) is 0 Å². The summed E-state index contributed by atoms with van der Waals surface area (Å²) in [6.07, 6.45) is 3.15. The Morgan fingerprint density at radius 3 is 2.59 bits per heavy atom. The van der Waals surface area contributed by atoms with Crippen molar-refractivity contribution in [2.24, 2.45) is 5.10 Å². The zero-order chi connectivity index (χ0) is 20.6. The second-order valence-electron chi connectivity index (χ2n) is 6.15. The molecular formula is C23H22N2O4. The van der Waals surface area contributed by atoms with Gasteiger partial charge in [-0.15, -0.1) is 0 Å². The molecule has 0 aliphatic heterocycles. The van der Waals surface area contributed by atoms with Crippen LogP contribution in [-0.4, -0.2) is 30.4 Å². The van der Waals surface area contributed by atoms with Gasteiger partial charge in [-0.05, 0) is 53.6 Å². The second-order valence-corrected chi connectivity index (χ2v) is 6.15. The maximum atomic E-state index is 12.4. The van der Waals surface area contributed by atoms with E-state index in [9.17, 15) is 9.90 Å². The fraction of sp³-hybridized carbons (Fsp3) is 0.130. The molecule has 3 rings (SSSR count). The zero-order valence-electron chi connectivity index (χ0n) is 16.1. The molecule has 0 unspecified atom stereocenters. The summed E-state index contributed by atoms with van der Waals surface area (Å²) >= 11 is 0. The summed E-state index contributed by atoms with van der Waals surface area (Å²) in [6.45, 7) is 6.37. The smallest absolute Gasteiger partial charge is 0.275 e. The van der Waals surface area contributed by atoms with Gasteiger partial charge in [0, 0.05) is 0 Å².